The summed E-state index contributed by atoms with van der Waals surface area (Å²) in [6, 6.07) is 10.4. The molecule has 1 atom stereocenters. The molecule has 7 nitrogen and oxygen atoms in total. The van der Waals surface area contributed by atoms with E-state index in [9.17, 15) is 18.3 Å². The van der Waals surface area contributed by atoms with E-state index in [0.29, 0.717) is 17.4 Å². The molecule has 0 bridgehead atoms. The van der Waals surface area contributed by atoms with Crippen LogP contribution < -0.4 is 4.74 Å². The zero-order chi connectivity index (χ0) is 26.5. The molecule has 1 unspecified atom stereocenters. The average Bonchev–Trinajstić information content (AvgIpc) is 3.40. The van der Waals surface area contributed by atoms with Gasteiger partial charge in [0.2, 0.25) is 0 Å². The molecule has 190 valence electrons. The lowest BCUT2D eigenvalue weighted by atomic mass is 9.84. The first kappa shape index (κ1) is 25.7. The van der Waals surface area contributed by atoms with Crippen LogP contribution in [0.4, 0.5) is 22.0 Å². The van der Waals surface area contributed by atoms with Gasteiger partial charge in [-0.25, -0.2) is 17.9 Å². The Bertz CT molecular complexity index is 1400. The number of halogens is 5. The molecule has 0 aliphatic carbocycles. The Labute approximate surface area is 207 Å². The molecule has 0 aliphatic rings. The van der Waals surface area contributed by atoms with Crippen LogP contribution in [0.25, 0.3) is 0 Å². The van der Waals surface area contributed by atoms with E-state index in [-0.39, 0.29) is 12.2 Å². The van der Waals surface area contributed by atoms with Crippen molar-refractivity contribution in [2.75, 3.05) is 6.61 Å². The summed E-state index contributed by atoms with van der Waals surface area (Å²) in [7, 11) is 0. The number of aromatic nitrogens is 5. The number of hydrogen-bond acceptors (Lipinski definition) is 6. The SMILES string of the molecule is OC(Cn1cnnn1)(c1ccc(F)cc1F)C(F)(F)c1ccc(C#CCOc2ccc(CF)cc2)cn1. The van der Waals surface area contributed by atoms with Gasteiger partial charge in [0.15, 0.2) is 5.60 Å². The molecule has 1 N–H and O–H groups in total. The average molecular weight is 515 g/mol. The molecule has 0 saturated carbocycles. The van der Waals surface area contributed by atoms with Gasteiger partial charge in [-0.3, -0.25) is 4.98 Å². The van der Waals surface area contributed by atoms with Crippen molar-refractivity contribution >= 4 is 0 Å². The number of tetrazole rings is 1. The van der Waals surface area contributed by atoms with Gasteiger partial charge >= 0.3 is 5.92 Å². The Hall–Kier alpha value is -4.37. The van der Waals surface area contributed by atoms with E-state index in [2.05, 4.69) is 32.4 Å². The molecule has 0 amide bonds. The lowest BCUT2D eigenvalue weighted by Crippen LogP contribution is -2.48. The van der Waals surface area contributed by atoms with Gasteiger partial charge in [-0.05, 0) is 52.4 Å². The van der Waals surface area contributed by atoms with E-state index >= 15 is 8.78 Å². The number of pyridine rings is 1. The lowest BCUT2D eigenvalue weighted by Gasteiger charge is -2.35. The summed E-state index contributed by atoms with van der Waals surface area (Å²) in [5.74, 6) is -0.666. The number of ether oxygens (including phenoxy) is 1. The van der Waals surface area contributed by atoms with E-state index in [1.54, 1.807) is 24.3 Å². The molecule has 0 saturated heterocycles. The van der Waals surface area contributed by atoms with Crippen LogP contribution in [0.5, 0.6) is 5.75 Å². The first-order chi connectivity index (χ1) is 17.7. The van der Waals surface area contributed by atoms with Gasteiger partial charge in [0.05, 0.1) is 6.54 Å². The monoisotopic (exact) mass is 515 g/mol. The van der Waals surface area contributed by atoms with Crippen molar-refractivity contribution in [1.29, 1.82) is 0 Å². The molecule has 0 aliphatic heterocycles. The minimum atomic E-state index is -4.17. The van der Waals surface area contributed by atoms with Gasteiger partial charge in [-0.15, -0.1) is 5.10 Å². The Morgan fingerprint density at radius 3 is 2.43 bits per heavy atom. The maximum Gasteiger partial charge on any atom is 0.323 e. The fourth-order valence-electron chi connectivity index (χ4n) is 3.46. The molecule has 2 aromatic carbocycles. The molecule has 2 aromatic heterocycles. The second-order valence-corrected chi connectivity index (χ2v) is 7.87. The number of alkyl halides is 3. The third kappa shape index (κ3) is 5.57. The van der Waals surface area contributed by atoms with E-state index in [1.807, 2.05) is 0 Å². The number of aliphatic hydroxyl groups is 1. The number of rotatable bonds is 8. The van der Waals surface area contributed by atoms with Crippen molar-refractivity contribution < 1.29 is 31.8 Å². The highest BCUT2D eigenvalue weighted by Crippen LogP contribution is 2.46. The van der Waals surface area contributed by atoms with Crippen molar-refractivity contribution in [3.63, 3.8) is 0 Å². The van der Waals surface area contributed by atoms with Gasteiger partial charge in [-0.2, -0.15) is 8.78 Å². The first-order valence-corrected chi connectivity index (χ1v) is 10.7. The summed E-state index contributed by atoms with van der Waals surface area (Å²) < 4.78 is 78.2. The number of nitrogens with zero attached hydrogens (tertiary/aromatic N) is 5. The van der Waals surface area contributed by atoms with Crippen LogP contribution in [0, 0.1) is 23.5 Å². The summed E-state index contributed by atoms with van der Waals surface area (Å²) in [6.07, 6.45) is 2.02. The largest absolute Gasteiger partial charge is 0.481 e. The molecule has 4 aromatic rings. The second kappa shape index (κ2) is 10.7. The van der Waals surface area contributed by atoms with Crippen LogP contribution in [0.15, 0.2) is 67.1 Å². The number of benzene rings is 2. The van der Waals surface area contributed by atoms with E-state index < -0.39 is 47.6 Å². The van der Waals surface area contributed by atoms with Crippen molar-refractivity contribution in [2.45, 2.75) is 24.7 Å². The maximum absolute atomic E-state index is 15.7. The third-order valence-corrected chi connectivity index (χ3v) is 5.38. The molecule has 0 spiro atoms. The zero-order valence-corrected chi connectivity index (χ0v) is 19.0. The standard InChI is InChI=1S/C25H18F5N5O2/c26-13-17-3-7-20(8-4-17)37-11-1-2-18-5-10-23(31-14-18)25(29,30)24(36,15-35-16-32-33-34-35)21-9-6-19(27)12-22(21)28/h3-10,12,14,16,36H,11,13,15H2. The molecule has 12 heteroatoms. The smallest absolute Gasteiger partial charge is 0.323 e. The van der Waals surface area contributed by atoms with Gasteiger partial charge in [0.1, 0.15) is 42.7 Å². The van der Waals surface area contributed by atoms with Crippen LogP contribution in [-0.2, 0) is 24.7 Å². The van der Waals surface area contributed by atoms with Crippen LogP contribution in [0.3, 0.4) is 0 Å². The second-order valence-electron chi connectivity index (χ2n) is 7.87. The van der Waals surface area contributed by atoms with Crippen LogP contribution in [0.1, 0.15) is 22.4 Å². The predicted octanol–water partition coefficient (Wildman–Crippen LogP) is 3.93. The molecule has 2 heterocycles. The van der Waals surface area contributed by atoms with Gasteiger partial charge in [0.25, 0.3) is 0 Å². The summed E-state index contributed by atoms with van der Waals surface area (Å²) in [4.78, 5) is 3.73. The highest BCUT2D eigenvalue weighted by Gasteiger charge is 2.57. The molecule has 4 rings (SSSR count). The van der Waals surface area contributed by atoms with Gasteiger partial charge in [-0.1, -0.05) is 24.0 Å². The quantitative estimate of drug-likeness (QED) is 0.283. The molecule has 0 fully saturated rings. The Morgan fingerprint density at radius 1 is 1.03 bits per heavy atom. The molecule has 0 radical (unpaired) electrons. The van der Waals surface area contributed by atoms with E-state index in [0.717, 1.165) is 35.4 Å². The molecule has 37 heavy (non-hydrogen) atoms. The summed E-state index contributed by atoms with van der Waals surface area (Å²) in [5.41, 5.74) is -4.20. The van der Waals surface area contributed by atoms with Crippen LogP contribution >= 0.6 is 0 Å². The van der Waals surface area contributed by atoms with E-state index in [1.165, 1.54) is 6.07 Å². The van der Waals surface area contributed by atoms with Crippen LogP contribution in [0.2, 0.25) is 0 Å². The number of hydrogen-bond donors (Lipinski definition) is 1. The molecular formula is C25H18F5N5O2. The fraction of sp³-hybridized carbons (Fsp3) is 0.200. The third-order valence-electron chi connectivity index (χ3n) is 5.38. The van der Waals surface area contributed by atoms with Crippen molar-refractivity contribution in [2.24, 2.45) is 0 Å². The van der Waals surface area contributed by atoms with Crippen molar-refractivity contribution in [3.8, 4) is 17.6 Å². The minimum absolute atomic E-state index is 0.0254. The Morgan fingerprint density at radius 2 is 1.81 bits per heavy atom. The Balaban J connectivity index is 1.55. The van der Waals surface area contributed by atoms with Gasteiger partial charge < -0.3 is 9.84 Å². The summed E-state index contributed by atoms with van der Waals surface area (Å²) in [5, 5.41) is 21.3. The minimum Gasteiger partial charge on any atom is -0.481 e. The van der Waals surface area contributed by atoms with Crippen molar-refractivity contribution in [3.05, 3.63) is 101 Å². The zero-order valence-electron chi connectivity index (χ0n) is 19.0. The summed E-state index contributed by atoms with van der Waals surface area (Å²) >= 11 is 0. The fourth-order valence-corrected chi connectivity index (χ4v) is 3.46. The highest BCUT2D eigenvalue weighted by molar-refractivity contribution is 5.36. The maximum atomic E-state index is 15.7. The van der Waals surface area contributed by atoms with E-state index in [4.69, 9.17) is 4.74 Å². The lowest BCUT2D eigenvalue weighted by molar-refractivity contribution is -0.207. The normalized spacial score (nSPS) is 12.9. The van der Waals surface area contributed by atoms with Crippen molar-refractivity contribution in [1.82, 2.24) is 25.2 Å². The van der Waals surface area contributed by atoms with Gasteiger partial charge in [0, 0.05) is 23.4 Å². The summed E-state index contributed by atoms with van der Waals surface area (Å²) in [6.45, 7) is -1.57. The highest BCUT2D eigenvalue weighted by atomic mass is 19.3. The molecular weight excluding hydrogens is 497 g/mol. The first-order valence-electron chi connectivity index (χ1n) is 10.7. The Kier molecular flexibility index (Phi) is 7.45. The predicted molar refractivity (Wildman–Crippen MR) is 120 cm³/mol. The topological polar surface area (TPSA) is 86.0 Å². The van der Waals surface area contributed by atoms with Crippen LogP contribution in [-0.4, -0.2) is 36.9 Å².